The predicted molar refractivity (Wildman–Crippen MR) is 125 cm³/mol. The molecular weight excluding hydrogens is 420 g/mol. The van der Waals surface area contributed by atoms with Crippen LogP contribution in [0.4, 0.5) is 0 Å². The number of para-hydroxylation sites is 1. The number of carbonyl (C=O) groups excluding carboxylic acids is 2. The highest BCUT2D eigenvalue weighted by molar-refractivity contribution is 5.89. The smallest absolute Gasteiger partial charge is 0.261 e. The van der Waals surface area contributed by atoms with Crippen molar-refractivity contribution in [3.05, 3.63) is 96.1 Å². The number of nitrogens with zero attached hydrogens (tertiary/aromatic N) is 1. The third kappa shape index (κ3) is 6.82. The van der Waals surface area contributed by atoms with Crippen molar-refractivity contribution in [2.24, 2.45) is 0 Å². The Kier molecular flexibility index (Phi) is 8.85. The van der Waals surface area contributed by atoms with Gasteiger partial charge in [-0.25, -0.2) is 0 Å². The maximum absolute atomic E-state index is 13.4. The molecule has 0 aliphatic carbocycles. The van der Waals surface area contributed by atoms with Crippen molar-refractivity contribution in [3.63, 3.8) is 0 Å². The third-order valence-corrected chi connectivity index (χ3v) is 5.02. The third-order valence-electron chi connectivity index (χ3n) is 5.02. The Bertz CT molecular complexity index is 1010. The second kappa shape index (κ2) is 12.3. The van der Waals surface area contributed by atoms with Crippen molar-refractivity contribution in [2.75, 3.05) is 26.9 Å². The average Bonchev–Trinajstić information content (AvgIpc) is 2.87. The Morgan fingerprint density at radius 3 is 2.15 bits per heavy atom. The van der Waals surface area contributed by atoms with Crippen LogP contribution in [-0.4, -0.2) is 48.7 Å². The lowest BCUT2D eigenvalue weighted by Gasteiger charge is -2.31. The van der Waals surface area contributed by atoms with E-state index in [-0.39, 0.29) is 38.1 Å². The molecule has 0 fully saturated rings. The Balaban J connectivity index is 1.91. The molecule has 7 heteroatoms. The summed E-state index contributed by atoms with van der Waals surface area (Å²) in [5, 5.41) is 11.9. The second-order valence-electron chi connectivity index (χ2n) is 7.30. The molecule has 1 unspecified atom stereocenters. The molecule has 0 aliphatic heterocycles. The SMILES string of the molecule is COc1ccc(CN(C(=O)COc2ccccc2)C(C(=O)NCCO)c2ccccc2)cc1. The molecule has 0 radical (unpaired) electrons. The van der Waals surface area contributed by atoms with Crippen molar-refractivity contribution in [1.82, 2.24) is 10.2 Å². The topological polar surface area (TPSA) is 88.1 Å². The molecule has 172 valence electrons. The van der Waals surface area contributed by atoms with E-state index in [1.807, 2.05) is 60.7 Å². The van der Waals surface area contributed by atoms with Crippen LogP contribution >= 0.6 is 0 Å². The maximum Gasteiger partial charge on any atom is 0.261 e. The van der Waals surface area contributed by atoms with Gasteiger partial charge in [0.15, 0.2) is 6.61 Å². The van der Waals surface area contributed by atoms with Crippen LogP contribution in [0.1, 0.15) is 17.2 Å². The standard InChI is InChI=1S/C26H28N2O5/c1-32-22-14-12-20(13-15-22)18-28(24(30)19-33-23-10-6-3-7-11-23)25(26(31)27-16-17-29)21-8-4-2-5-9-21/h2-15,25,29H,16-19H2,1H3,(H,27,31). The van der Waals surface area contributed by atoms with E-state index in [9.17, 15) is 14.7 Å². The lowest BCUT2D eigenvalue weighted by atomic mass is 10.0. The fourth-order valence-electron chi connectivity index (χ4n) is 3.38. The summed E-state index contributed by atoms with van der Waals surface area (Å²) >= 11 is 0. The van der Waals surface area contributed by atoms with Crippen LogP contribution in [-0.2, 0) is 16.1 Å². The molecule has 0 aromatic heterocycles. The second-order valence-corrected chi connectivity index (χ2v) is 7.30. The number of ether oxygens (including phenoxy) is 2. The zero-order valence-corrected chi connectivity index (χ0v) is 18.5. The molecule has 2 amide bonds. The molecule has 3 aromatic rings. The number of rotatable bonds is 11. The van der Waals surface area contributed by atoms with E-state index in [1.165, 1.54) is 4.90 Å². The van der Waals surface area contributed by atoms with E-state index < -0.39 is 6.04 Å². The van der Waals surface area contributed by atoms with Gasteiger partial charge in [-0.2, -0.15) is 0 Å². The van der Waals surface area contributed by atoms with Crippen LogP contribution < -0.4 is 14.8 Å². The van der Waals surface area contributed by atoms with Crippen molar-refractivity contribution >= 4 is 11.8 Å². The molecule has 0 heterocycles. The first-order valence-corrected chi connectivity index (χ1v) is 10.7. The minimum atomic E-state index is -0.897. The summed E-state index contributed by atoms with van der Waals surface area (Å²) in [7, 11) is 1.59. The van der Waals surface area contributed by atoms with Crippen molar-refractivity contribution in [2.45, 2.75) is 12.6 Å². The highest BCUT2D eigenvalue weighted by Crippen LogP contribution is 2.25. The Hall–Kier alpha value is -3.84. The normalized spacial score (nSPS) is 11.3. The van der Waals surface area contributed by atoms with E-state index >= 15 is 0 Å². The van der Waals surface area contributed by atoms with Crippen LogP contribution in [0.3, 0.4) is 0 Å². The number of methoxy groups -OCH3 is 1. The van der Waals surface area contributed by atoms with Gasteiger partial charge in [0.2, 0.25) is 5.91 Å². The molecule has 3 rings (SSSR count). The monoisotopic (exact) mass is 448 g/mol. The minimum absolute atomic E-state index is 0.0905. The minimum Gasteiger partial charge on any atom is -0.497 e. The van der Waals surface area contributed by atoms with Crippen molar-refractivity contribution < 1.29 is 24.2 Å². The summed E-state index contributed by atoms with van der Waals surface area (Å²) in [6, 6.07) is 24.6. The summed E-state index contributed by atoms with van der Waals surface area (Å²) in [4.78, 5) is 28.0. The summed E-state index contributed by atoms with van der Waals surface area (Å²) in [5.74, 6) is 0.542. The number of hydrogen-bond acceptors (Lipinski definition) is 5. The molecule has 0 saturated carbocycles. The molecule has 33 heavy (non-hydrogen) atoms. The van der Waals surface area contributed by atoms with E-state index in [0.717, 1.165) is 5.56 Å². The van der Waals surface area contributed by atoms with Crippen LogP contribution in [0.25, 0.3) is 0 Å². The summed E-state index contributed by atoms with van der Waals surface area (Å²) < 4.78 is 10.9. The number of benzene rings is 3. The largest absolute Gasteiger partial charge is 0.497 e. The van der Waals surface area contributed by atoms with Crippen LogP contribution in [0.2, 0.25) is 0 Å². The zero-order chi connectivity index (χ0) is 23.5. The average molecular weight is 449 g/mol. The van der Waals surface area contributed by atoms with Crippen LogP contribution in [0.15, 0.2) is 84.9 Å². The Morgan fingerprint density at radius 2 is 1.55 bits per heavy atom. The van der Waals surface area contributed by atoms with E-state index in [2.05, 4.69) is 5.32 Å². The van der Waals surface area contributed by atoms with Gasteiger partial charge in [-0.15, -0.1) is 0 Å². The Morgan fingerprint density at radius 1 is 0.909 bits per heavy atom. The maximum atomic E-state index is 13.4. The molecule has 0 aliphatic rings. The highest BCUT2D eigenvalue weighted by Gasteiger charge is 2.31. The molecule has 0 saturated heterocycles. The molecular formula is C26H28N2O5. The van der Waals surface area contributed by atoms with Crippen LogP contribution in [0.5, 0.6) is 11.5 Å². The van der Waals surface area contributed by atoms with Crippen molar-refractivity contribution in [3.8, 4) is 11.5 Å². The predicted octanol–water partition coefficient (Wildman–Crippen LogP) is 2.95. The van der Waals surface area contributed by atoms with Gasteiger partial charge in [0, 0.05) is 13.1 Å². The fourth-order valence-corrected chi connectivity index (χ4v) is 3.38. The number of amides is 2. The molecule has 1 atom stereocenters. The number of nitrogens with one attached hydrogen (secondary N) is 1. The molecule has 7 nitrogen and oxygen atoms in total. The lowest BCUT2D eigenvalue weighted by Crippen LogP contribution is -2.45. The first kappa shape index (κ1) is 23.8. The van der Waals surface area contributed by atoms with Gasteiger partial charge in [0.05, 0.1) is 13.7 Å². The number of aliphatic hydroxyl groups is 1. The highest BCUT2D eigenvalue weighted by atomic mass is 16.5. The molecule has 0 spiro atoms. The molecule has 2 N–H and O–H groups in total. The van der Waals surface area contributed by atoms with E-state index in [1.54, 1.807) is 31.4 Å². The van der Waals surface area contributed by atoms with Gasteiger partial charge in [0.25, 0.3) is 5.91 Å². The fraction of sp³-hybridized carbons (Fsp3) is 0.231. The molecule has 3 aromatic carbocycles. The first-order chi connectivity index (χ1) is 16.1. The number of aliphatic hydroxyl groups excluding tert-OH is 1. The summed E-state index contributed by atoms with van der Waals surface area (Å²) in [6.45, 7) is -0.145. The quantitative estimate of drug-likeness (QED) is 0.471. The van der Waals surface area contributed by atoms with Gasteiger partial charge < -0.3 is 24.8 Å². The van der Waals surface area contributed by atoms with Crippen molar-refractivity contribution in [1.29, 1.82) is 0 Å². The number of carbonyl (C=O) groups is 2. The number of hydrogen-bond donors (Lipinski definition) is 2. The van der Waals surface area contributed by atoms with E-state index in [4.69, 9.17) is 9.47 Å². The van der Waals surface area contributed by atoms with Crippen LogP contribution in [0, 0.1) is 0 Å². The van der Waals surface area contributed by atoms with Gasteiger partial charge in [-0.05, 0) is 35.4 Å². The van der Waals surface area contributed by atoms with Gasteiger partial charge in [-0.3, -0.25) is 9.59 Å². The molecule has 0 bridgehead atoms. The first-order valence-electron chi connectivity index (χ1n) is 10.7. The summed E-state index contributed by atoms with van der Waals surface area (Å²) in [5.41, 5.74) is 1.49. The van der Waals surface area contributed by atoms with Gasteiger partial charge in [-0.1, -0.05) is 60.7 Å². The van der Waals surface area contributed by atoms with Gasteiger partial charge >= 0.3 is 0 Å². The lowest BCUT2D eigenvalue weighted by molar-refractivity contribution is -0.143. The summed E-state index contributed by atoms with van der Waals surface area (Å²) in [6.07, 6.45) is 0. The zero-order valence-electron chi connectivity index (χ0n) is 18.5. The van der Waals surface area contributed by atoms with E-state index in [0.29, 0.717) is 17.1 Å². The Labute approximate surface area is 193 Å². The van der Waals surface area contributed by atoms with Gasteiger partial charge in [0.1, 0.15) is 17.5 Å².